The highest BCUT2D eigenvalue weighted by Crippen LogP contribution is 2.22. The number of carbonyl (C=O) groups is 1. The maximum absolute atomic E-state index is 13.3. The SMILES string of the molecule is C=CCNC(CCC(=O)OC)C(O)c1ccc(F)c(C)c1. The van der Waals surface area contributed by atoms with Gasteiger partial charge in [-0.25, -0.2) is 4.39 Å². The van der Waals surface area contributed by atoms with Gasteiger partial charge in [-0.15, -0.1) is 6.58 Å². The van der Waals surface area contributed by atoms with Gasteiger partial charge in [0, 0.05) is 19.0 Å². The Kier molecular flexibility index (Phi) is 7.05. The van der Waals surface area contributed by atoms with Crippen molar-refractivity contribution in [3.63, 3.8) is 0 Å². The van der Waals surface area contributed by atoms with E-state index < -0.39 is 6.10 Å². The number of nitrogens with one attached hydrogen (secondary N) is 1. The van der Waals surface area contributed by atoms with Gasteiger partial charge in [0.25, 0.3) is 0 Å². The number of aliphatic hydroxyl groups excluding tert-OH is 1. The summed E-state index contributed by atoms with van der Waals surface area (Å²) < 4.78 is 17.9. The number of methoxy groups -OCH3 is 1. The van der Waals surface area contributed by atoms with E-state index in [1.165, 1.54) is 13.2 Å². The lowest BCUT2D eigenvalue weighted by Gasteiger charge is -2.24. The van der Waals surface area contributed by atoms with E-state index >= 15 is 0 Å². The summed E-state index contributed by atoms with van der Waals surface area (Å²) in [7, 11) is 1.33. The molecule has 0 radical (unpaired) electrons. The summed E-state index contributed by atoms with van der Waals surface area (Å²) in [6.45, 7) is 5.76. The Balaban J connectivity index is 2.81. The molecular formula is C16H22FNO3. The largest absolute Gasteiger partial charge is 0.469 e. The fourth-order valence-electron chi connectivity index (χ4n) is 2.07. The number of aryl methyl sites for hydroxylation is 1. The number of hydrogen-bond donors (Lipinski definition) is 2. The fourth-order valence-corrected chi connectivity index (χ4v) is 2.07. The average Bonchev–Trinajstić information content (AvgIpc) is 2.49. The van der Waals surface area contributed by atoms with Crippen LogP contribution in [0.1, 0.15) is 30.1 Å². The van der Waals surface area contributed by atoms with E-state index in [1.54, 1.807) is 25.1 Å². The van der Waals surface area contributed by atoms with Crippen molar-refractivity contribution >= 4 is 5.97 Å². The highest BCUT2D eigenvalue weighted by Gasteiger charge is 2.21. The minimum absolute atomic E-state index is 0.197. The van der Waals surface area contributed by atoms with Crippen LogP contribution >= 0.6 is 0 Å². The van der Waals surface area contributed by atoms with Crippen molar-refractivity contribution in [3.8, 4) is 0 Å². The van der Waals surface area contributed by atoms with Gasteiger partial charge in [0.05, 0.1) is 13.2 Å². The first kappa shape index (κ1) is 17.3. The maximum Gasteiger partial charge on any atom is 0.305 e. The number of benzene rings is 1. The molecule has 1 rings (SSSR count). The summed E-state index contributed by atoms with van der Waals surface area (Å²) in [4.78, 5) is 11.2. The van der Waals surface area contributed by atoms with Crippen LogP contribution in [0.5, 0.6) is 0 Å². The second-order valence-electron chi connectivity index (χ2n) is 4.87. The number of ether oxygens (including phenoxy) is 1. The molecule has 0 aliphatic heterocycles. The fraction of sp³-hybridized carbons (Fsp3) is 0.438. The van der Waals surface area contributed by atoms with E-state index in [9.17, 15) is 14.3 Å². The Morgan fingerprint density at radius 3 is 2.86 bits per heavy atom. The van der Waals surface area contributed by atoms with Gasteiger partial charge < -0.3 is 15.2 Å². The second kappa shape index (κ2) is 8.54. The predicted molar refractivity (Wildman–Crippen MR) is 79.3 cm³/mol. The number of rotatable bonds is 8. The summed E-state index contributed by atoms with van der Waals surface area (Å²) in [5.74, 6) is -0.640. The molecule has 2 N–H and O–H groups in total. The number of carbonyl (C=O) groups excluding carboxylic acids is 1. The topological polar surface area (TPSA) is 58.6 Å². The molecule has 5 heteroatoms. The zero-order valence-corrected chi connectivity index (χ0v) is 12.4. The Morgan fingerprint density at radius 1 is 1.57 bits per heavy atom. The van der Waals surface area contributed by atoms with Gasteiger partial charge in [0.2, 0.25) is 0 Å². The van der Waals surface area contributed by atoms with Crippen LogP contribution in [0.25, 0.3) is 0 Å². The first-order valence-corrected chi connectivity index (χ1v) is 6.84. The molecule has 0 spiro atoms. The van der Waals surface area contributed by atoms with Crippen LogP contribution in [0.2, 0.25) is 0 Å². The molecule has 0 fully saturated rings. The number of halogens is 1. The van der Waals surface area contributed by atoms with Gasteiger partial charge >= 0.3 is 5.97 Å². The lowest BCUT2D eigenvalue weighted by Crippen LogP contribution is -2.35. The lowest BCUT2D eigenvalue weighted by molar-refractivity contribution is -0.141. The maximum atomic E-state index is 13.3. The summed E-state index contributed by atoms with van der Waals surface area (Å²) in [5, 5.41) is 13.5. The molecule has 116 valence electrons. The number of hydrogen-bond acceptors (Lipinski definition) is 4. The molecular weight excluding hydrogens is 273 g/mol. The zero-order valence-electron chi connectivity index (χ0n) is 12.4. The number of esters is 1. The van der Waals surface area contributed by atoms with Gasteiger partial charge in [0.15, 0.2) is 0 Å². The highest BCUT2D eigenvalue weighted by molar-refractivity contribution is 5.69. The average molecular weight is 295 g/mol. The monoisotopic (exact) mass is 295 g/mol. The van der Waals surface area contributed by atoms with Crippen LogP contribution < -0.4 is 5.32 Å². The van der Waals surface area contributed by atoms with Gasteiger partial charge in [-0.2, -0.15) is 0 Å². The molecule has 0 heterocycles. The molecule has 0 amide bonds. The van der Waals surface area contributed by atoms with Crippen LogP contribution in [0, 0.1) is 12.7 Å². The molecule has 0 saturated heterocycles. The van der Waals surface area contributed by atoms with Crippen molar-refractivity contribution in [2.24, 2.45) is 0 Å². The standard InChI is InChI=1S/C16H22FNO3/c1-4-9-18-14(7-8-15(19)21-3)16(20)12-5-6-13(17)11(2)10-12/h4-6,10,14,16,18,20H,1,7-9H2,2-3H3. The minimum Gasteiger partial charge on any atom is -0.469 e. The van der Waals surface area contributed by atoms with E-state index in [0.717, 1.165) is 0 Å². The Labute approximate surface area is 124 Å². The van der Waals surface area contributed by atoms with Crippen LogP contribution in [0.15, 0.2) is 30.9 Å². The molecule has 1 aromatic rings. The first-order chi connectivity index (χ1) is 9.99. The normalized spacial score (nSPS) is 13.5. The van der Waals surface area contributed by atoms with Gasteiger partial charge in [0.1, 0.15) is 5.82 Å². The van der Waals surface area contributed by atoms with E-state index in [-0.39, 0.29) is 24.2 Å². The van der Waals surface area contributed by atoms with Crippen molar-refractivity contribution in [1.29, 1.82) is 0 Å². The third-order valence-corrected chi connectivity index (χ3v) is 3.32. The van der Waals surface area contributed by atoms with Crippen LogP contribution in [0.4, 0.5) is 4.39 Å². The van der Waals surface area contributed by atoms with Crippen molar-refractivity contribution in [1.82, 2.24) is 5.32 Å². The van der Waals surface area contributed by atoms with Gasteiger partial charge in [-0.1, -0.05) is 18.2 Å². The number of aliphatic hydroxyl groups is 1. The highest BCUT2D eigenvalue weighted by atomic mass is 19.1. The lowest BCUT2D eigenvalue weighted by atomic mass is 9.97. The van der Waals surface area contributed by atoms with E-state index in [2.05, 4.69) is 16.6 Å². The Bertz CT molecular complexity index is 490. The van der Waals surface area contributed by atoms with Crippen LogP contribution in [-0.4, -0.2) is 30.8 Å². The quantitative estimate of drug-likeness (QED) is 0.570. The van der Waals surface area contributed by atoms with Crippen LogP contribution in [0.3, 0.4) is 0 Å². The predicted octanol–water partition coefficient (Wildman–Crippen LogP) is 2.26. The Morgan fingerprint density at radius 2 is 2.29 bits per heavy atom. The molecule has 0 aromatic heterocycles. The van der Waals surface area contributed by atoms with Crippen molar-refractivity contribution in [2.75, 3.05) is 13.7 Å². The van der Waals surface area contributed by atoms with Crippen LogP contribution in [-0.2, 0) is 9.53 Å². The molecule has 2 unspecified atom stereocenters. The van der Waals surface area contributed by atoms with E-state index in [0.29, 0.717) is 24.1 Å². The molecule has 0 bridgehead atoms. The summed E-state index contributed by atoms with van der Waals surface area (Å²) in [5.41, 5.74) is 1.09. The Hall–Kier alpha value is -1.72. The summed E-state index contributed by atoms with van der Waals surface area (Å²) in [6.07, 6.45) is 1.45. The first-order valence-electron chi connectivity index (χ1n) is 6.84. The van der Waals surface area contributed by atoms with Crippen molar-refractivity contribution in [3.05, 3.63) is 47.8 Å². The summed E-state index contributed by atoms with van der Waals surface area (Å²) >= 11 is 0. The van der Waals surface area contributed by atoms with E-state index in [4.69, 9.17) is 0 Å². The molecule has 4 nitrogen and oxygen atoms in total. The van der Waals surface area contributed by atoms with E-state index in [1.807, 2.05) is 0 Å². The smallest absolute Gasteiger partial charge is 0.305 e. The summed E-state index contributed by atoms with van der Waals surface area (Å²) in [6, 6.07) is 4.15. The molecule has 2 atom stereocenters. The molecule has 0 saturated carbocycles. The van der Waals surface area contributed by atoms with Crippen molar-refractivity contribution < 1.29 is 19.0 Å². The molecule has 21 heavy (non-hydrogen) atoms. The second-order valence-corrected chi connectivity index (χ2v) is 4.87. The third-order valence-electron chi connectivity index (χ3n) is 3.32. The molecule has 0 aliphatic rings. The van der Waals surface area contributed by atoms with Gasteiger partial charge in [-0.05, 0) is 30.5 Å². The molecule has 0 aliphatic carbocycles. The van der Waals surface area contributed by atoms with Gasteiger partial charge in [-0.3, -0.25) is 4.79 Å². The van der Waals surface area contributed by atoms with Crippen molar-refractivity contribution in [2.45, 2.75) is 31.9 Å². The molecule has 1 aromatic carbocycles. The minimum atomic E-state index is -0.839. The zero-order chi connectivity index (χ0) is 15.8. The third kappa shape index (κ3) is 5.28.